The van der Waals surface area contributed by atoms with Crippen LogP contribution in [0.4, 0.5) is 0 Å². The highest BCUT2D eigenvalue weighted by Crippen LogP contribution is 1.92. The minimum atomic E-state index is 0.591. The molecule has 4 nitrogen and oxygen atoms in total. The summed E-state index contributed by atoms with van der Waals surface area (Å²) in [6.07, 6.45) is 3.71. The smallest absolute Gasteiger partial charge is 0.138 e. The Labute approximate surface area is 79.4 Å². The van der Waals surface area contributed by atoms with Crippen molar-refractivity contribution < 1.29 is 0 Å². The molecular weight excluding hydrogens is 164 g/mol. The van der Waals surface area contributed by atoms with E-state index in [0.29, 0.717) is 6.04 Å². The minimum Gasteiger partial charge on any atom is -0.314 e. The lowest BCUT2D eigenvalue weighted by molar-refractivity contribution is 0.527. The van der Waals surface area contributed by atoms with Gasteiger partial charge in [-0.25, -0.2) is 4.98 Å². The van der Waals surface area contributed by atoms with Gasteiger partial charge in [-0.1, -0.05) is 6.92 Å². The first-order valence-electron chi connectivity index (χ1n) is 4.80. The summed E-state index contributed by atoms with van der Waals surface area (Å²) in [4.78, 5) is 4.15. The van der Waals surface area contributed by atoms with Gasteiger partial charge in [0.2, 0.25) is 0 Å². The van der Waals surface area contributed by atoms with E-state index in [4.69, 9.17) is 0 Å². The van der Waals surface area contributed by atoms with E-state index in [0.717, 1.165) is 18.8 Å². The second kappa shape index (κ2) is 4.97. The summed E-state index contributed by atoms with van der Waals surface area (Å²) >= 11 is 0. The first-order valence-corrected chi connectivity index (χ1v) is 4.80. The van der Waals surface area contributed by atoms with Gasteiger partial charge < -0.3 is 5.32 Å². The normalized spacial score (nSPS) is 13.2. The number of nitrogens with zero attached hydrogens (tertiary/aromatic N) is 3. The minimum absolute atomic E-state index is 0.591. The van der Waals surface area contributed by atoms with Crippen molar-refractivity contribution >= 4 is 0 Å². The monoisotopic (exact) mass is 182 g/mol. The molecule has 0 saturated carbocycles. The van der Waals surface area contributed by atoms with Crippen LogP contribution < -0.4 is 5.32 Å². The van der Waals surface area contributed by atoms with Gasteiger partial charge in [0.15, 0.2) is 0 Å². The molecule has 1 rings (SSSR count). The van der Waals surface area contributed by atoms with Crippen molar-refractivity contribution in [3.63, 3.8) is 0 Å². The van der Waals surface area contributed by atoms with E-state index in [2.05, 4.69) is 29.2 Å². The second-order valence-electron chi connectivity index (χ2n) is 3.31. The third kappa shape index (κ3) is 3.14. The van der Waals surface area contributed by atoms with Crippen LogP contribution in [-0.4, -0.2) is 27.4 Å². The first-order chi connectivity index (χ1) is 6.24. The molecule has 1 atom stereocenters. The van der Waals surface area contributed by atoms with E-state index in [9.17, 15) is 0 Å². The van der Waals surface area contributed by atoms with Gasteiger partial charge in [0.05, 0.1) is 0 Å². The molecule has 0 saturated heterocycles. The maximum Gasteiger partial charge on any atom is 0.138 e. The maximum absolute atomic E-state index is 4.15. The average molecular weight is 182 g/mol. The van der Waals surface area contributed by atoms with Crippen LogP contribution in [0.15, 0.2) is 6.33 Å². The molecule has 0 amide bonds. The van der Waals surface area contributed by atoms with E-state index < -0.39 is 0 Å². The van der Waals surface area contributed by atoms with Gasteiger partial charge in [0.1, 0.15) is 12.2 Å². The largest absolute Gasteiger partial charge is 0.314 e. The van der Waals surface area contributed by atoms with E-state index in [1.165, 1.54) is 6.42 Å². The summed E-state index contributed by atoms with van der Waals surface area (Å²) in [5.74, 6) is 1.04. The van der Waals surface area contributed by atoms with Crippen LogP contribution in [0.2, 0.25) is 0 Å². The van der Waals surface area contributed by atoms with E-state index in [1.54, 1.807) is 6.33 Å². The van der Waals surface area contributed by atoms with Crippen molar-refractivity contribution in [2.45, 2.75) is 32.7 Å². The van der Waals surface area contributed by atoms with Crippen molar-refractivity contribution in [2.24, 2.45) is 7.05 Å². The van der Waals surface area contributed by atoms with Gasteiger partial charge in [-0.15, -0.1) is 0 Å². The van der Waals surface area contributed by atoms with Crippen molar-refractivity contribution in [1.82, 2.24) is 20.1 Å². The van der Waals surface area contributed by atoms with E-state index in [1.807, 2.05) is 11.7 Å². The topological polar surface area (TPSA) is 42.7 Å². The lowest BCUT2D eigenvalue weighted by Crippen LogP contribution is -2.27. The van der Waals surface area contributed by atoms with Crippen LogP contribution in [0.1, 0.15) is 26.1 Å². The van der Waals surface area contributed by atoms with Crippen LogP contribution in [-0.2, 0) is 13.5 Å². The zero-order chi connectivity index (χ0) is 9.68. The third-order valence-electron chi connectivity index (χ3n) is 2.26. The molecule has 0 spiro atoms. The van der Waals surface area contributed by atoms with E-state index >= 15 is 0 Å². The van der Waals surface area contributed by atoms with Crippen molar-refractivity contribution in [1.29, 1.82) is 0 Å². The highest BCUT2D eigenvalue weighted by molar-refractivity contribution is 4.84. The summed E-state index contributed by atoms with van der Waals surface area (Å²) in [6, 6.07) is 0.591. The molecular formula is C9H18N4. The van der Waals surface area contributed by atoms with Gasteiger partial charge in [-0.3, -0.25) is 4.68 Å². The fourth-order valence-electron chi connectivity index (χ4n) is 1.12. The number of hydrogen-bond acceptors (Lipinski definition) is 3. The van der Waals surface area contributed by atoms with Crippen LogP contribution in [0.5, 0.6) is 0 Å². The molecule has 0 bridgehead atoms. The predicted molar refractivity (Wildman–Crippen MR) is 52.5 cm³/mol. The molecule has 0 aromatic carbocycles. The maximum atomic E-state index is 4.15. The Morgan fingerprint density at radius 1 is 1.62 bits per heavy atom. The molecule has 0 aliphatic carbocycles. The Kier molecular flexibility index (Phi) is 3.89. The molecule has 1 aromatic rings. The van der Waals surface area contributed by atoms with Gasteiger partial charge in [0, 0.05) is 26.1 Å². The van der Waals surface area contributed by atoms with Crippen molar-refractivity contribution in [3.8, 4) is 0 Å². The molecule has 1 aromatic heterocycles. The number of hydrogen-bond donors (Lipinski definition) is 1. The highest BCUT2D eigenvalue weighted by atomic mass is 15.3. The molecule has 0 aliphatic heterocycles. The zero-order valence-corrected chi connectivity index (χ0v) is 8.62. The molecule has 13 heavy (non-hydrogen) atoms. The van der Waals surface area contributed by atoms with Crippen LogP contribution in [0, 0.1) is 0 Å². The fraction of sp³-hybridized carbons (Fsp3) is 0.778. The summed E-state index contributed by atoms with van der Waals surface area (Å²) < 4.78 is 1.82. The number of aromatic nitrogens is 3. The Bertz CT molecular complexity index is 244. The summed E-state index contributed by atoms with van der Waals surface area (Å²) in [5.41, 5.74) is 0. The van der Waals surface area contributed by atoms with Crippen molar-refractivity contribution in [2.75, 3.05) is 6.54 Å². The quantitative estimate of drug-likeness (QED) is 0.730. The summed E-state index contributed by atoms with van der Waals surface area (Å²) in [5, 5.41) is 7.43. The molecule has 1 unspecified atom stereocenters. The first kappa shape index (κ1) is 10.2. The van der Waals surface area contributed by atoms with Crippen molar-refractivity contribution in [3.05, 3.63) is 12.2 Å². The molecule has 1 heterocycles. The van der Waals surface area contributed by atoms with Crippen LogP contribution in [0.25, 0.3) is 0 Å². The van der Waals surface area contributed by atoms with Gasteiger partial charge in [0.25, 0.3) is 0 Å². The number of aryl methyl sites for hydroxylation is 1. The third-order valence-corrected chi connectivity index (χ3v) is 2.26. The molecule has 0 fully saturated rings. The van der Waals surface area contributed by atoms with Gasteiger partial charge in [-0.2, -0.15) is 5.10 Å². The highest BCUT2D eigenvalue weighted by Gasteiger charge is 2.01. The summed E-state index contributed by atoms with van der Waals surface area (Å²) in [6.45, 7) is 5.35. The summed E-state index contributed by atoms with van der Waals surface area (Å²) in [7, 11) is 1.92. The standard InChI is InChI=1S/C9H18N4/c1-4-8(2)10-6-5-9-11-7-12-13(9)3/h7-8,10H,4-6H2,1-3H3. The SMILES string of the molecule is CCC(C)NCCc1ncnn1C. The molecule has 0 radical (unpaired) electrons. The number of nitrogens with one attached hydrogen (secondary N) is 1. The second-order valence-corrected chi connectivity index (χ2v) is 3.31. The van der Waals surface area contributed by atoms with Crippen LogP contribution in [0.3, 0.4) is 0 Å². The Morgan fingerprint density at radius 3 is 2.92 bits per heavy atom. The Morgan fingerprint density at radius 2 is 2.38 bits per heavy atom. The Balaban J connectivity index is 2.24. The molecule has 74 valence electrons. The Hall–Kier alpha value is -0.900. The lowest BCUT2D eigenvalue weighted by Gasteiger charge is -2.10. The lowest BCUT2D eigenvalue weighted by atomic mass is 10.2. The predicted octanol–water partition coefficient (Wildman–Crippen LogP) is 0.746. The zero-order valence-electron chi connectivity index (χ0n) is 8.62. The molecule has 0 aliphatic rings. The van der Waals surface area contributed by atoms with Gasteiger partial charge in [-0.05, 0) is 13.3 Å². The van der Waals surface area contributed by atoms with Gasteiger partial charge >= 0.3 is 0 Å². The van der Waals surface area contributed by atoms with E-state index in [-0.39, 0.29) is 0 Å². The van der Waals surface area contributed by atoms with Crippen LogP contribution >= 0.6 is 0 Å². The molecule has 1 N–H and O–H groups in total. The molecule has 4 heteroatoms. The average Bonchev–Trinajstić information content (AvgIpc) is 2.52. The fourth-order valence-corrected chi connectivity index (χ4v) is 1.12. The number of rotatable bonds is 5.